The van der Waals surface area contributed by atoms with Crippen molar-refractivity contribution in [2.24, 2.45) is 0 Å². The quantitative estimate of drug-likeness (QED) is 0.158. The molecule has 0 saturated carbocycles. The van der Waals surface area contributed by atoms with Gasteiger partial charge in [-0.15, -0.1) is 0 Å². The zero-order valence-corrected chi connectivity index (χ0v) is 21.8. The van der Waals surface area contributed by atoms with E-state index in [1.165, 1.54) is 4.90 Å². The highest BCUT2D eigenvalue weighted by Crippen LogP contribution is 2.40. The Kier molecular flexibility index (Phi) is 8.23. The second-order valence-electron chi connectivity index (χ2n) is 8.63. The number of nitrogens with zero attached hydrogens (tertiary/aromatic N) is 1. The number of aliphatic hydroxyl groups is 1. The van der Waals surface area contributed by atoms with Crippen molar-refractivity contribution >= 4 is 33.4 Å². The monoisotopic (exact) mass is 549 g/mol. The van der Waals surface area contributed by atoms with E-state index in [0.717, 1.165) is 21.2 Å². The second-order valence-corrected chi connectivity index (χ2v) is 9.55. The Morgan fingerprint density at radius 1 is 1.00 bits per heavy atom. The van der Waals surface area contributed by atoms with Crippen LogP contribution in [0.1, 0.15) is 34.7 Å². The number of aryl methyl sites for hydroxylation is 1. The van der Waals surface area contributed by atoms with Crippen LogP contribution in [0.3, 0.4) is 0 Å². The lowest BCUT2D eigenvalue weighted by Crippen LogP contribution is -2.31. The summed E-state index contributed by atoms with van der Waals surface area (Å²) < 4.78 is 11.9. The van der Waals surface area contributed by atoms with E-state index in [-0.39, 0.29) is 11.3 Å². The van der Waals surface area contributed by atoms with Crippen LogP contribution in [0.2, 0.25) is 0 Å². The largest absolute Gasteiger partial charge is 0.507 e. The zero-order valence-electron chi connectivity index (χ0n) is 20.2. The van der Waals surface area contributed by atoms with Crippen LogP contribution in [0.4, 0.5) is 0 Å². The summed E-state index contributed by atoms with van der Waals surface area (Å²) >= 11 is 3.43. The summed E-state index contributed by atoms with van der Waals surface area (Å²) in [7, 11) is 1.59. The van der Waals surface area contributed by atoms with Gasteiger partial charge in [-0.25, -0.2) is 0 Å². The summed E-state index contributed by atoms with van der Waals surface area (Å²) in [6.07, 6.45) is 0.573. The number of hydrogen-bond donors (Lipinski definition) is 1. The number of hydrogen-bond acceptors (Lipinski definition) is 5. The van der Waals surface area contributed by atoms with Gasteiger partial charge < -0.3 is 19.5 Å². The number of amides is 1. The summed E-state index contributed by atoms with van der Waals surface area (Å²) in [6, 6.07) is 21.6. The summed E-state index contributed by atoms with van der Waals surface area (Å²) in [5.41, 5.74) is 3.50. The number of Topliss-reactive ketones (excluding diaryl/α,β-unsaturated/α-hetero) is 1. The minimum atomic E-state index is -0.697. The van der Waals surface area contributed by atoms with Gasteiger partial charge in [-0.1, -0.05) is 52.3 Å². The van der Waals surface area contributed by atoms with E-state index in [0.29, 0.717) is 37.5 Å². The standard InChI is InChI=1S/C29H28BrNO5/c1-19-6-3-4-7-22(19)18-36-24-14-10-21(11-15-24)27(32)25-26(20-8-12-23(30)13-9-20)31(16-5-17-35-2)29(34)28(25)33/h3-4,6-15,26,32H,5,16-18H2,1-2H3/b27-25+. The van der Waals surface area contributed by atoms with E-state index in [2.05, 4.69) is 15.9 Å². The summed E-state index contributed by atoms with van der Waals surface area (Å²) in [5, 5.41) is 11.2. The van der Waals surface area contributed by atoms with Crippen molar-refractivity contribution in [2.45, 2.75) is 26.0 Å². The van der Waals surface area contributed by atoms with Gasteiger partial charge in [0.05, 0.1) is 11.6 Å². The molecular formula is C29H28BrNO5. The Balaban J connectivity index is 1.63. The lowest BCUT2D eigenvalue weighted by Gasteiger charge is -2.25. The van der Waals surface area contributed by atoms with Crippen LogP contribution in [0, 0.1) is 6.92 Å². The van der Waals surface area contributed by atoms with Gasteiger partial charge in [0.2, 0.25) is 0 Å². The molecule has 1 heterocycles. The first-order valence-electron chi connectivity index (χ1n) is 11.7. The number of carbonyl (C=O) groups excluding carboxylic acids is 2. The van der Waals surface area contributed by atoms with Gasteiger partial charge >= 0.3 is 0 Å². The summed E-state index contributed by atoms with van der Waals surface area (Å²) in [5.74, 6) is -0.892. The minimum absolute atomic E-state index is 0.0771. The first-order chi connectivity index (χ1) is 17.4. The van der Waals surface area contributed by atoms with Gasteiger partial charge in [-0.05, 0) is 66.4 Å². The Morgan fingerprint density at radius 2 is 1.69 bits per heavy atom. The molecule has 3 aromatic carbocycles. The van der Waals surface area contributed by atoms with Crippen molar-refractivity contribution in [1.29, 1.82) is 0 Å². The molecule has 1 saturated heterocycles. The molecule has 1 aliphatic heterocycles. The Labute approximate surface area is 219 Å². The molecule has 7 heteroatoms. The fourth-order valence-electron chi connectivity index (χ4n) is 4.28. The first-order valence-corrected chi connectivity index (χ1v) is 12.5. The summed E-state index contributed by atoms with van der Waals surface area (Å²) in [6.45, 7) is 3.25. The van der Waals surface area contributed by atoms with Crippen LogP contribution in [0.25, 0.3) is 5.76 Å². The maximum absolute atomic E-state index is 13.1. The lowest BCUT2D eigenvalue weighted by atomic mass is 9.95. The molecule has 0 spiro atoms. The van der Waals surface area contributed by atoms with E-state index in [4.69, 9.17) is 9.47 Å². The van der Waals surface area contributed by atoms with Gasteiger partial charge in [0.15, 0.2) is 0 Å². The van der Waals surface area contributed by atoms with Gasteiger partial charge in [0.1, 0.15) is 18.1 Å². The van der Waals surface area contributed by atoms with Crippen LogP contribution in [0.15, 0.2) is 82.8 Å². The minimum Gasteiger partial charge on any atom is -0.507 e. The molecule has 1 unspecified atom stereocenters. The molecule has 0 bridgehead atoms. The third-order valence-corrected chi connectivity index (χ3v) is 6.79. The molecule has 1 N–H and O–H groups in total. The van der Waals surface area contributed by atoms with Gasteiger partial charge in [0.25, 0.3) is 11.7 Å². The molecule has 1 amide bonds. The van der Waals surface area contributed by atoms with Crippen molar-refractivity contribution in [3.8, 4) is 5.75 Å². The van der Waals surface area contributed by atoms with Crippen LogP contribution in [-0.4, -0.2) is 42.0 Å². The third kappa shape index (κ3) is 5.53. The molecule has 1 fully saturated rings. The Bertz CT molecular complexity index is 1270. The molecule has 36 heavy (non-hydrogen) atoms. The molecule has 0 radical (unpaired) electrons. The molecule has 3 aromatic rings. The first kappa shape index (κ1) is 25.7. The number of ketones is 1. The van der Waals surface area contributed by atoms with E-state index < -0.39 is 17.7 Å². The number of carbonyl (C=O) groups is 2. The van der Waals surface area contributed by atoms with Crippen LogP contribution in [0.5, 0.6) is 5.75 Å². The number of ether oxygens (including phenoxy) is 2. The number of aliphatic hydroxyl groups excluding tert-OH is 1. The highest BCUT2D eigenvalue weighted by Gasteiger charge is 2.45. The average molecular weight is 550 g/mol. The topological polar surface area (TPSA) is 76.1 Å². The van der Waals surface area contributed by atoms with E-state index in [9.17, 15) is 14.7 Å². The fraction of sp³-hybridized carbons (Fsp3) is 0.241. The molecule has 6 nitrogen and oxygen atoms in total. The maximum Gasteiger partial charge on any atom is 0.295 e. The van der Waals surface area contributed by atoms with Crippen LogP contribution in [-0.2, 0) is 20.9 Å². The molecule has 4 rings (SSSR count). The average Bonchev–Trinajstić information content (AvgIpc) is 3.14. The maximum atomic E-state index is 13.1. The molecule has 1 aliphatic rings. The highest BCUT2D eigenvalue weighted by atomic mass is 79.9. The number of benzene rings is 3. The predicted octanol–water partition coefficient (Wildman–Crippen LogP) is 5.79. The van der Waals surface area contributed by atoms with E-state index in [1.807, 2.05) is 55.5 Å². The number of halogens is 1. The van der Waals surface area contributed by atoms with E-state index in [1.54, 1.807) is 31.4 Å². The molecule has 186 valence electrons. The Morgan fingerprint density at radius 3 is 2.36 bits per heavy atom. The number of methoxy groups -OCH3 is 1. The smallest absolute Gasteiger partial charge is 0.295 e. The van der Waals surface area contributed by atoms with Gasteiger partial charge in [-0.3, -0.25) is 9.59 Å². The van der Waals surface area contributed by atoms with Crippen molar-refractivity contribution in [3.63, 3.8) is 0 Å². The van der Waals surface area contributed by atoms with Crippen LogP contribution < -0.4 is 4.74 Å². The lowest BCUT2D eigenvalue weighted by molar-refractivity contribution is -0.140. The fourth-order valence-corrected chi connectivity index (χ4v) is 4.54. The molecule has 0 aliphatic carbocycles. The molecule has 1 atom stereocenters. The second kappa shape index (κ2) is 11.5. The number of likely N-dealkylation sites (tertiary alicyclic amines) is 1. The van der Waals surface area contributed by atoms with Crippen molar-refractivity contribution in [1.82, 2.24) is 4.90 Å². The SMILES string of the molecule is COCCCN1C(=O)C(=O)/C(=C(/O)c2ccc(OCc3ccccc3C)cc2)C1c1ccc(Br)cc1. The van der Waals surface area contributed by atoms with Crippen molar-refractivity contribution < 1.29 is 24.2 Å². The zero-order chi connectivity index (χ0) is 25.7. The number of rotatable bonds is 9. The van der Waals surface area contributed by atoms with Crippen molar-refractivity contribution in [3.05, 3.63) is 105 Å². The molecule has 0 aromatic heterocycles. The predicted molar refractivity (Wildman–Crippen MR) is 142 cm³/mol. The summed E-state index contributed by atoms with van der Waals surface area (Å²) in [4.78, 5) is 27.6. The molecular weight excluding hydrogens is 522 g/mol. The van der Waals surface area contributed by atoms with Crippen molar-refractivity contribution in [2.75, 3.05) is 20.3 Å². The van der Waals surface area contributed by atoms with Crippen LogP contribution >= 0.6 is 15.9 Å². The van der Waals surface area contributed by atoms with Gasteiger partial charge in [-0.2, -0.15) is 0 Å². The third-order valence-electron chi connectivity index (χ3n) is 6.26. The Hall–Kier alpha value is -3.42. The van der Waals surface area contributed by atoms with Gasteiger partial charge in [0, 0.05) is 30.3 Å². The normalized spacial score (nSPS) is 17.0. The van der Waals surface area contributed by atoms with E-state index >= 15 is 0 Å². The highest BCUT2D eigenvalue weighted by molar-refractivity contribution is 9.10.